The van der Waals surface area contributed by atoms with E-state index in [4.69, 9.17) is 5.73 Å². The number of hydrogen-bond donors (Lipinski definition) is 2. The van der Waals surface area contributed by atoms with Crippen molar-refractivity contribution in [1.82, 2.24) is 9.97 Å². The van der Waals surface area contributed by atoms with E-state index in [1.807, 2.05) is 0 Å². The molecule has 11 heteroatoms. The maximum Gasteiger partial charge on any atom is 0.275 e. The Morgan fingerprint density at radius 1 is 1.27 bits per heavy atom. The average molecular weight is 477 g/mol. The van der Waals surface area contributed by atoms with Gasteiger partial charge in [-0.2, -0.15) is 0 Å². The molecule has 0 bridgehead atoms. The Morgan fingerprint density at radius 3 is 2.70 bits per heavy atom. The molecule has 3 atom stereocenters. The van der Waals surface area contributed by atoms with Gasteiger partial charge in [0.25, 0.3) is 5.91 Å². The van der Waals surface area contributed by atoms with Crippen LogP contribution in [0.1, 0.15) is 55.4 Å². The van der Waals surface area contributed by atoms with Crippen molar-refractivity contribution in [3.63, 3.8) is 0 Å². The molecule has 4 heterocycles. The summed E-state index contributed by atoms with van der Waals surface area (Å²) in [6, 6.07) is 3.67. The van der Waals surface area contributed by atoms with E-state index in [0.29, 0.717) is 24.9 Å². The number of hydrogen-bond acceptors (Lipinski definition) is 7. The number of anilines is 1. The second-order valence-corrected chi connectivity index (χ2v) is 12.0. The van der Waals surface area contributed by atoms with E-state index in [0.717, 1.165) is 6.20 Å². The van der Waals surface area contributed by atoms with Crippen LogP contribution in [-0.4, -0.2) is 42.5 Å². The maximum absolute atomic E-state index is 15.1. The van der Waals surface area contributed by atoms with Gasteiger partial charge in [-0.15, -0.1) is 0 Å². The maximum atomic E-state index is 15.1. The molecule has 2 aromatic heterocycles. The van der Waals surface area contributed by atoms with Gasteiger partial charge < -0.3 is 11.1 Å². The summed E-state index contributed by atoms with van der Waals surface area (Å²) in [4.78, 5) is 25.5. The Bertz CT molecular complexity index is 1300. The summed E-state index contributed by atoms with van der Waals surface area (Å²) >= 11 is 0. The van der Waals surface area contributed by atoms with E-state index in [9.17, 15) is 13.4 Å². The first-order valence-electron chi connectivity index (χ1n) is 10.6. The lowest BCUT2D eigenvalue weighted by Crippen LogP contribution is -2.60. The van der Waals surface area contributed by atoms with E-state index in [1.54, 1.807) is 27.7 Å². The van der Waals surface area contributed by atoms with Crippen LogP contribution in [0.3, 0.4) is 0 Å². The summed E-state index contributed by atoms with van der Waals surface area (Å²) in [6.07, 6.45) is 2.16. The summed E-state index contributed by atoms with van der Waals surface area (Å²) in [6.45, 7) is 7.14. The van der Waals surface area contributed by atoms with Gasteiger partial charge in [0.15, 0.2) is 0 Å². The monoisotopic (exact) mass is 476 g/mol. The van der Waals surface area contributed by atoms with Crippen LogP contribution in [0.25, 0.3) is 0 Å². The molecule has 33 heavy (non-hydrogen) atoms. The van der Waals surface area contributed by atoms with Crippen molar-refractivity contribution in [2.75, 3.05) is 11.9 Å². The Hall–Kier alpha value is -2.95. The molecule has 0 fully saturated rings. The Balaban J connectivity index is 1.78. The number of aromatic nitrogens is 2. The minimum Gasteiger partial charge on any atom is -0.386 e. The summed E-state index contributed by atoms with van der Waals surface area (Å²) in [5.74, 6) is -1.65. The number of nitrogens with zero attached hydrogens (tertiary/aromatic N) is 4. The lowest BCUT2D eigenvalue weighted by Gasteiger charge is -2.47. The van der Waals surface area contributed by atoms with Crippen molar-refractivity contribution in [2.45, 2.75) is 56.1 Å². The topological polar surface area (TPSA) is 123 Å². The first-order chi connectivity index (χ1) is 15.4. The van der Waals surface area contributed by atoms with Crippen molar-refractivity contribution in [1.29, 1.82) is 0 Å². The number of carbonyl (C=O) groups excluding carboxylic acids is 1. The molecule has 8 nitrogen and oxygen atoms in total. The minimum absolute atomic E-state index is 0.0195. The van der Waals surface area contributed by atoms with Crippen LogP contribution in [0, 0.1) is 18.6 Å². The van der Waals surface area contributed by atoms with Crippen LogP contribution in [0.4, 0.5) is 14.6 Å². The second kappa shape index (κ2) is 7.82. The van der Waals surface area contributed by atoms with Gasteiger partial charge in [-0.05, 0) is 64.3 Å². The molecule has 0 unspecified atom stereocenters. The molecule has 4 rings (SSSR count). The van der Waals surface area contributed by atoms with Gasteiger partial charge in [0, 0.05) is 6.54 Å². The van der Waals surface area contributed by atoms with Crippen LogP contribution in [0.2, 0.25) is 0 Å². The molecule has 0 saturated heterocycles. The van der Waals surface area contributed by atoms with Crippen LogP contribution in [0.5, 0.6) is 0 Å². The predicted molar refractivity (Wildman–Crippen MR) is 123 cm³/mol. The zero-order valence-electron chi connectivity index (χ0n) is 18.9. The number of nitrogens with two attached hydrogens (primary N) is 1. The van der Waals surface area contributed by atoms with Gasteiger partial charge >= 0.3 is 0 Å². The number of amides is 1. The molecule has 0 saturated carbocycles. The van der Waals surface area contributed by atoms with Gasteiger partial charge in [-0.1, -0.05) is 0 Å². The number of aryl methyl sites for hydroxylation is 1. The van der Waals surface area contributed by atoms with E-state index in [1.165, 1.54) is 18.2 Å². The molecule has 2 aliphatic rings. The molecule has 1 amide bonds. The Kier molecular flexibility index (Phi) is 5.50. The van der Waals surface area contributed by atoms with E-state index < -0.39 is 42.8 Å². The fourth-order valence-electron chi connectivity index (χ4n) is 4.47. The zero-order chi connectivity index (χ0) is 24.2. The third kappa shape index (κ3) is 3.58. The van der Waals surface area contributed by atoms with Gasteiger partial charge in [0.05, 0.1) is 21.2 Å². The predicted octanol–water partition coefficient (Wildman–Crippen LogP) is 3.31. The van der Waals surface area contributed by atoms with Crippen LogP contribution in [-0.2, 0) is 15.3 Å². The number of amidine groups is 1. The molecule has 176 valence electrons. The van der Waals surface area contributed by atoms with Crippen molar-refractivity contribution >= 4 is 27.3 Å². The normalized spacial score (nSPS) is 28.3. The van der Waals surface area contributed by atoms with E-state index in [-0.39, 0.29) is 23.0 Å². The zero-order valence-corrected chi connectivity index (χ0v) is 19.7. The molecule has 0 aliphatic carbocycles. The highest BCUT2D eigenvalue weighted by Gasteiger charge is 2.56. The Labute approximate surface area is 191 Å². The number of nitrogens with one attached hydrogen (secondary N) is 1. The average Bonchev–Trinajstić information content (AvgIpc) is 2.74. The largest absolute Gasteiger partial charge is 0.386 e. The van der Waals surface area contributed by atoms with Gasteiger partial charge in [-0.3, -0.25) is 9.79 Å². The molecule has 2 aliphatic heterocycles. The molecule has 2 aromatic rings. The second-order valence-electron chi connectivity index (χ2n) is 9.01. The minimum atomic E-state index is -2.89. The number of carbonyl (C=O) groups is 1. The van der Waals surface area contributed by atoms with Crippen molar-refractivity contribution in [3.8, 4) is 0 Å². The van der Waals surface area contributed by atoms with Gasteiger partial charge in [0.1, 0.15) is 45.0 Å². The highest BCUT2D eigenvalue weighted by Crippen LogP contribution is 2.46. The molecule has 0 aromatic carbocycles. The van der Waals surface area contributed by atoms with Crippen molar-refractivity contribution in [2.24, 2.45) is 15.1 Å². The van der Waals surface area contributed by atoms with Crippen LogP contribution in [0.15, 0.2) is 33.8 Å². The van der Waals surface area contributed by atoms with Crippen LogP contribution >= 0.6 is 0 Å². The number of pyridine rings is 2. The van der Waals surface area contributed by atoms with Crippen molar-refractivity contribution in [3.05, 3.63) is 53.0 Å². The Morgan fingerprint density at radius 2 is 2.00 bits per heavy atom. The molecule has 3 N–H and O–H groups in total. The third-order valence-corrected chi connectivity index (χ3v) is 10.2. The van der Waals surface area contributed by atoms with Crippen molar-refractivity contribution < 1.29 is 17.8 Å². The molecular formula is C22H26F2N6O2S. The first-order valence-corrected chi connectivity index (χ1v) is 12.2. The molecule has 0 spiro atoms. The fourth-order valence-corrected chi connectivity index (χ4v) is 7.70. The number of rotatable bonds is 3. The van der Waals surface area contributed by atoms with E-state index >= 15 is 4.39 Å². The third-order valence-electron chi connectivity index (χ3n) is 6.45. The van der Waals surface area contributed by atoms with E-state index in [2.05, 4.69) is 24.6 Å². The quantitative estimate of drug-likeness (QED) is 0.704. The number of fused-ring (bicyclic) bond motifs is 1. The fraction of sp³-hybridized carbons (Fsp3) is 0.455. The summed E-state index contributed by atoms with van der Waals surface area (Å²) in [7, 11) is -2.89. The molecule has 0 radical (unpaired) electrons. The molecular weight excluding hydrogens is 450 g/mol. The van der Waals surface area contributed by atoms with Gasteiger partial charge in [0.2, 0.25) is 0 Å². The summed E-state index contributed by atoms with van der Waals surface area (Å²) < 4.78 is 46.0. The SMILES string of the molecule is Cc1cc(F)cnc1C(=O)Nc1ccc(F)c([C@@]2(C)N=C(N)C(C)(C)[S@@]3(=O)=NCCC[C@@H]23)n1. The standard InChI is InChI=1S/C22H26F2N6O2S/c1-12-10-13(23)11-26-17(12)19(31)29-16-8-7-14(24)18(28-16)22(4)15-6-5-9-27-33(15,32)21(2,3)20(25)30-22/h7-8,10-11,15H,5-6,9H2,1-4H3,(H2,25,30)(H,28,29,31)/t15-,22-,33+/m0/s1. The highest BCUT2D eigenvalue weighted by molar-refractivity contribution is 7.96. The first kappa shape index (κ1) is 23.2. The number of halogens is 2. The lowest BCUT2D eigenvalue weighted by molar-refractivity contribution is 0.102. The number of aliphatic imine (C=N–C) groups is 1. The summed E-state index contributed by atoms with van der Waals surface area (Å²) in [5, 5.41) is 1.97. The summed E-state index contributed by atoms with van der Waals surface area (Å²) in [5.41, 5.74) is 5.20. The smallest absolute Gasteiger partial charge is 0.275 e. The van der Waals surface area contributed by atoms with Gasteiger partial charge in [-0.25, -0.2) is 27.3 Å². The highest BCUT2D eigenvalue weighted by atomic mass is 32.2. The lowest BCUT2D eigenvalue weighted by atomic mass is 9.89. The van der Waals surface area contributed by atoms with Crippen LogP contribution < -0.4 is 11.1 Å².